The molecule has 2 aromatic rings. The van der Waals surface area contributed by atoms with Crippen LogP contribution in [0.2, 0.25) is 0 Å². The van der Waals surface area contributed by atoms with E-state index in [1.54, 1.807) is 55.5 Å². The molecule has 0 saturated carbocycles. The maximum absolute atomic E-state index is 13.0. The number of ether oxygens (including phenoxy) is 1. The predicted octanol–water partition coefficient (Wildman–Crippen LogP) is 4.78. The van der Waals surface area contributed by atoms with Crippen LogP contribution in [-0.2, 0) is 18.6 Å². The Kier molecular flexibility index (Phi) is 7.45. The fraction of sp³-hybridized carbons (Fsp3) is 0.211. The highest BCUT2D eigenvalue weighted by Crippen LogP contribution is 2.49. The van der Waals surface area contributed by atoms with E-state index < -0.39 is 13.8 Å². The molecule has 0 N–H and O–H groups in total. The Morgan fingerprint density at radius 3 is 1.88 bits per heavy atom. The van der Waals surface area contributed by atoms with Crippen LogP contribution in [0.25, 0.3) is 0 Å². The highest BCUT2D eigenvalue weighted by Gasteiger charge is 2.30. The van der Waals surface area contributed by atoms with Crippen LogP contribution in [0.15, 0.2) is 72.8 Å². The number of benzene rings is 2. The topological polar surface area (TPSA) is 71.1 Å². The van der Waals surface area contributed by atoms with E-state index in [4.69, 9.17) is 18.3 Å². The van der Waals surface area contributed by atoms with Gasteiger partial charge in [0.1, 0.15) is 11.5 Å². The zero-order chi connectivity index (χ0) is 18.8. The van der Waals surface area contributed by atoms with Gasteiger partial charge in [-0.3, -0.25) is 4.52 Å². The molecule has 0 atom stereocenters. The fourth-order valence-corrected chi connectivity index (χ4v) is 3.07. The Balaban J connectivity index is 1.95. The van der Waals surface area contributed by atoms with Crippen LogP contribution >= 0.6 is 7.82 Å². The Morgan fingerprint density at radius 2 is 1.42 bits per heavy atom. The first-order valence-electron chi connectivity index (χ1n) is 8.05. The number of carbonyl (C=O) groups excluding carboxylic acids is 1. The molecule has 0 bridgehead atoms. The second-order valence-corrected chi connectivity index (χ2v) is 6.88. The molecule has 2 rings (SSSR count). The van der Waals surface area contributed by atoms with E-state index >= 15 is 0 Å². The summed E-state index contributed by atoms with van der Waals surface area (Å²) >= 11 is 0. The van der Waals surface area contributed by atoms with Gasteiger partial charge in [-0.2, -0.15) is 0 Å². The lowest BCUT2D eigenvalue weighted by Crippen LogP contribution is -2.10. The highest BCUT2D eigenvalue weighted by molar-refractivity contribution is 7.49. The van der Waals surface area contributed by atoms with E-state index in [1.165, 1.54) is 0 Å². The summed E-state index contributed by atoms with van der Waals surface area (Å²) in [4.78, 5) is 11.3. The number of para-hydroxylation sites is 2. The average molecular weight is 376 g/mol. The molecule has 0 saturated heterocycles. The third-order valence-corrected chi connectivity index (χ3v) is 4.41. The molecule has 138 valence electrons. The van der Waals surface area contributed by atoms with Crippen LogP contribution in [0.4, 0.5) is 0 Å². The van der Waals surface area contributed by atoms with Gasteiger partial charge in [-0.15, -0.1) is 0 Å². The van der Waals surface area contributed by atoms with Crippen molar-refractivity contribution in [3.63, 3.8) is 0 Å². The summed E-state index contributed by atoms with van der Waals surface area (Å²) in [5.74, 6) is 0.246. The van der Waals surface area contributed by atoms with Crippen LogP contribution in [0, 0.1) is 0 Å². The van der Waals surface area contributed by atoms with E-state index in [0.29, 0.717) is 23.5 Å². The monoisotopic (exact) mass is 376 g/mol. The average Bonchev–Trinajstić information content (AvgIpc) is 2.62. The number of rotatable bonds is 10. The van der Waals surface area contributed by atoms with Crippen molar-refractivity contribution in [2.75, 3.05) is 13.2 Å². The van der Waals surface area contributed by atoms with Gasteiger partial charge < -0.3 is 13.8 Å². The Morgan fingerprint density at radius 1 is 0.923 bits per heavy atom. The standard InChI is InChI=1S/C19H21O6P/c1-16(2)19(20)22-14-9-15-23-26(21,24-17-10-5-3-6-11-17)25-18-12-7-4-8-13-18/h3-8,10-13H,1,9,14-15H2,2H3. The van der Waals surface area contributed by atoms with Gasteiger partial charge in [0.15, 0.2) is 0 Å². The SMILES string of the molecule is C=C(C)C(=O)OCCCOP(=O)(Oc1ccccc1)Oc1ccccc1. The molecule has 0 unspecified atom stereocenters. The number of hydrogen-bond donors (Lipinski definition) is 0. The van der Waals surface area contributed by atoms with Crippen molar-refractivity contribution in [1.82, 2.24) is 0 Å². The third-order valence-electron chi connectivity index (χ3n) is 3.04. The van der Waals surface area contributed by atoms with Crippen molar-refractivity contribution >= 4 is 13.8 Å². The maximum Gasteiger partial charge on any atom is 0.587 e. The number of hydrogen-bond acceptors (Lipinski definition) is 6. The highest BCUT2D eigenvalue weighted by atomic mass is 31.2. The van der Waals surface area contributed by atoms with E-state index in [9.17, 15) is 9.36 Å². The lowest BCUT2D eigenvalue weighted by molar-refractivity contribution is -0.139. The quantitative estimate of drug-likeness (QED) is 0.257. The summed E-state index contributed by atoms with van der Waals surface area (Å²) in [6.45, 7) is 5.20. The zero-order valence-corrected chi connectivity index (χ0v) is 15.4. The summed E-state index contributed by atoms with van der Waals surface area (Å²) in [5.41, 5.74) is 0.316. The fourth-order valence-electron chi connectivity index (χ4n) is 1.82. The van der Waals surface area contributed by atoms with E-state index in [0.717, 1.165) is 0 Å². The number of phosphoric acid groups is 1. The van der Waals surface area contributed by atoms with Gasteiger partial charge in [-0.05, 0) is 31.2 Å². The summed E-state index contributed by atoms with van der Waals surface area (Å²) in [6.07, 6.45) is 0.333. The van der Waals surface area contributed by atoms with E-state index in [1.807, 2.05) is 12.1 Å². The van der Waals surface area contributed by atoms with Crippen molar-refractivity contribution in [3.8, 4) is 11.5 Å². The van der Waals surface area contributed by atoms with Gasteiger partial charge >= 0.3 is 13.8 Å². The van der Waals surface area contributed by atoms with Gasteiger partial charge in [0.25, 0.3) is 0 Å². The molecule has 0 heterocycles. The number of esters is 1. The van der Waals surface area contributed by atoms with Crippen molar-refractivity contribution in [2.45, 2.75) is 13.3 Å². The summed E-state index contributed by atoms with van der Waals surface area (Å²) in [7, 11) is -3.90. The molecule has 0 amide bonds. The van der Waals surface area contributed by atoms with Crippen molar-refractivity contribution in [2.24, 2.45) is 0 Å². The largest absolute Gasteiger partial charge is 0.587 e. The van der Waals surface area contributed by atoms with Crippen molar-refractivity contribution in [1.29, 1.82) is 0 Å². The van der Waals surface area contributed by atoms with Crippen molar-refractivity contribution < 1.29 is 27.7 Å². The molecule has 0 aliphatic carbocycles. The molecule has 6 nitrogen and oxygen atoms in total. The molecule has 0 aliphatic heterocycles. The van der Waals surface area contributed by atoms with Crippen LogP contribution in [-0.4, -0.2) is 19.2 Å². The summed E-state index contributed by atoms with van der Waals surface area (Å²) in [5, 5.41) is 0. The second kappa shape index (κ2) is 9.80. The minimum absolute atomic E-state index is 0.0282. The Hall–Kier alpha value is -2.56. The molecule has 0 fully saturated rings. The first-order chi connectivity index (χ1) is 12.5. The van der Waals surface area contributed by atoms with Gasteiger partial charge in [-0.25, -0.2) is 9.36 Å². The first-order valence-corrected chi connectivity index (χ1v) is 9.51. The van der Waals surface area contributed by atoms with Gasteiger partial charge in [-0.1, -0.05) is 43.0 Å². The molecule has 7 heteroatoms. The molecule has 26 heavy (non-hydrogen) atoms. The maximum atomic E-state index is 13.0. The van der Waals surface area contributed by atoms with Crippen LogP contribution in [0.1, 0.15) is 13.3 Å². The van der Waals surface area contributed by atoms with Crippen molar-refractivity contribution in [3.05, 3.63) is 72.8 Å². The zero-order valence-electron chi connectivity index (χ0n) is 14.5. The minimum atomic E-state index is -3.90. The predicted molar refractivity (Wildman–Crippen MR) is 98.1 cm³/mol. The smallest absolute Gasteiger partial charge is 0.462 e. The van der Waals surface area contributed by atoms with Crippen LogP contribution in [0.3, 0.4) is 0 Å². The molecule has 0 radical (unpaired) electrons. The normalized spacial score (nSPS) is 10.8. The van der Waals surface area contributed by atoms with E-state index in [2.05, 4.69) is 6.58 Å². The minimum Gasteiger partial charge on any atom is -0.462 e. The van der Waals surface area contributed by atoms with Crippen LogP contribution in [0.5, 0.6) is 11.5 Å². The van der Waals surface area contributed by atoms with Gasteiger partial charge in [0.05, 0.1) is 13.2 Å². The molecular weight excluding hydrogens is 355 g/mol. The lowest BCUT2D eigenvalue weighted by atomic mass is 10.3. The second-order valence-electron chi connectivity index (χ2n) is 5.36. The first kappa shape index (κ1) is 19.8. The molecular formula is C19H21O6P. The summed E-state index contributed by atoms with van der Waals surface area (Å²) < 4.78 is 34.2. The van der Waals surface area contributed by atoms with Gasteiger partial charge in [0.2, 0.25) is 0 Å². The van der Waals surface area contributed by atoms with Crippen LogP contribution < -0.4 is 9.05 Å². The molecule has 2 aromatic carbocycles. The Labute approximate surface area is 153 Å². The Bertz CT molecular complexity index is 715. The molecule has 0 aromatic heterocycles. The summed E-state index contributed by atoms with van der Waals surface area (Å²) in [6, 6.07) is 17.2. The molecule has 0 spiro atoms. The number of phosphoric ester groups is 1. The van der Waals surface area contributed by atoms with Gasteiger partial charge in [0, 0.05) is 12.0 Å². The van der Waals surface area contributed by atoms with E-state index in [-0.39, 0.29) is 13.2 Å². The third kappa shape index (κ3) is 6.75. The lowest BCUT2D eigenvalue weighted by Gasteiger charge is -2.19. The molecule has 0 aliphatic rings. The number of carbonyl (C=O) groups is 1.